The Morgan fingerprint density at radius 2 is 1.85 bits per heavy atom. The topological polar surface area (TPSA) is 47.6 Å². The van der Waals surface area contributed by atoms with E-state index >= 15 is 0 Å². The molecular formula is C9H19NO3. The fourth-order valence-corrected chi connectivity index (χ4v) is 0.988. The quantitative estimate of drug-likeness (QED) is 0.618. The van der Waals surface area contributed by atoms with Crippen LogP contribution in [0.2, 0.25) is 0 Å². The van der Waals surface area contributed by atoms with Crippen molar-refractivity contribution >= 4 is 6.09 Å². The SMILES string of the molecule is COCCCCCCNC(=O)OC. The average molecular weight is 189 g/mol. The van der Waals surface area contributed by atoms with Gasteiger partial charge in [0, 0.05) is 20.3 Å². The zero-order chi connectivity index (χ0) is 9.94. The van der Waals surface area contributed by atoms with E-state index in [-0.39, 0.29) is 6.09 Å². The molecule has 0 heterocycles. The number of alkyl carbamates (subject to hydrolysis) is 1. The minimum absolute atomic E-state index is 0.350. The van der Waals surface area contributed by atoms with Gasteiger partial charge in [0.2, 0.25) is 0 Å². The summed E-state index contributed by atoms with van der Waals surface area (Å²) in [6.07, 6.45) is 4.01. The maximum atomic E-state index is 10.6. The molecule has 4 nitrogen and oxygen atoms in total. The van der Waals surface area contributed by atoms with Crippen molar-refractivity contribution in [3.05, 3.63) is 0 Å². The molecule has 0 radical (unpaired) electrons. The summed E-state index contributed by atoms with van der Waals surface area (Å²) in [7, 11) is 3.08. The molecule has 0 aliphatic heterocycles. The third kappa shape index (κ3) is 9.14. The Morgan fingerprint density at radius 3 is 2.46 bits per heavy atom. The van der Waals surface area contributed by atoms with E-state index in [2.05, 4.69) is 10.1 Å². The van der Waals surface area contributed by atoms with Crippen LogP contribution in [0.15, 0.2) is 0 Å². The smallest absolute Gasteiger partial charge is 0.406 e. The lowest BCUT2D eigenvalue weighted by atomic mass is 10.2. The number of methoxy groups -OCH3 is 2. The van der Waals surface area contributed by atoms with Crippen molar-refractivity contribution in [1.29, 1.82) is 0 Å². The van der Waals surface area contributed by atoms with Crippen LogP contribution in [0.25, 0.3) is 0 Å². The Hall–Kier alpha value is -0.770. The first-order chi connectivity index (χ1) is 6.31. The molecule has 78 valence electrons. The molecule has 0 aromatic rings. The van der Waals surface area contributed by atoms with E-state index in [1.807, 2.05) is 0 Å². The van der Waals surface area contributed by atoms with Crippen molar-refractivity contribution < 1.29 is 14.3 Å². The van der Waals surface area contributed by atoms with Crippen LogP contribution in [0.5, 0.6) is 0 Å². The molecule has 0 aliphatic rings. The number of carbonyl (C=O) groups excluding carboxylic acids is 1. The van der Waals surface area contributed by atoms with Gasteiger partial charge in [-0.3, -0.25) is 0 Å². The van der Waals surface area contributed by atoms with E-state index in [1.54, 1.807) is 7.11 Å². The number of nitrogens with one attached hydrogen (secondary N) is 1. The summed E-state index contributed by atoms with van der Waals surface area (Å²) in [5, 5.41) is 2.63. The lowest BCUT2D eigenvalue weighted by Crippen LogP contribution is -2.23. The summed E-state index contributed by atoms with van der Waals surface area (Å²) in [4.78, 5) is 10.6. The molecule has 4 heteroatoms. The van der Waals surface area contributed by atoms with Crippen LogP contribution in [0, 0.1) is 0 Å². The molecule has 0 aliphatic carbocycles. The number of ether oxygens (including phenoxy) is 2. The third-order valence-electron chi connectivity index (χ3n) is 1.73. The molecule has 0 saturated heterocycles. The highest BCUT2D eigenvalue weighted by atomic mass is 16.5. The van der Waals surface area contributed by atoms with Gasteiger partial charge < -0.3 is 14.8 Å². The van der Waals surface area contributed by atoms with Crippen molar-refractivity contribution in [2.24, 2.45) is 0 Å². The Bertz CT molecular complexity index is 128. The van der Waals surface area contributed by atoms with Gasteiger partial charge in [0.15, 0.2) is 0 Å². The summed E-state index contributed by atoms with van der Waals surface area (Å²) in [5.74, 6) is 0. The largest absolute Gasteiger partial charge is 0.453 e. The third-order valence-corrected chi connectivity index (χ3v) is 1.73. The number of unbranched alkanes of at least 4 members (excludes halogenated alkanes) is 3. The summed E-state index contributed by atoms with van der Waals surface area (Å²) >= 11 is 0. The number of hydrogen-bond donors (Lipinski definition) is 1. The first-order valence-electron chi connectivity index (χ1n) is 4.62. The predicted octanol–water partition coefficient (Wildman–Crippen LogP) is 1.55. The molecule has 0 atom stereocenters. The lowest BCUT2D eigenvalue weighted by Gasteiger charge is -2.03. The molecule has 0 fully saturated rings. The van der Waals surface area contributed by atoms with Gasteiger partial charge in [-0.2, -0.15) is 0 Å². The Balaban J connectivity index is 2.95. The second-order valence-corrected chi connectivity index (χ2v) is 2.83. The molecule has 0 bridgehead atoms. The highest BCUT2D eigenvalue weighted by molar-refractivity contribution is 5.66. The van der Waals surface area contributed by atoms with Crippen LogP contribution in [0.1, 0.15) is 25.7 Å². The molecule has 0 unspecified atom stereocenters. The van der Waals surface area contributed by atoms with E-state index in [4.69, 9.17) is 4.74 Å². The normalized spacial score (nSPS) is 9.69. The second kappa shape index (κ2) is 9.32. The van der Waals surface area contributed by atoms with Crippen LogP contribution in [0.3, 0.4) is 0 Å². The fraction of sp³-hybridized carbons (Fsp3) is 0.889. The van der Waals surface area contributed by atoms with E-state index in [1.165, 1.54) is 7.11 Å². The maximum absolute atomic E-state index is 10.6. The predicted molar refractivity (Wildman–Crippen MR) is 50.8 cm³/mol. The summed E-state index contributed by atoms with van der Waals surface area (Å²) in [5.41, 5.74) is 0. The number of rotatable bonds is 7. The summed E-state index contributed by atoms with van der Waals surface area (Å²) < 4.78 is 9.34. The molecule has 1 amide bonds. The number of hydrogen-bond acceptors (Lipinski definition) is 3. The zero-order valence-electron chi connectivity index (χ0n) is 8.47. The van der Waals surface area contributed by atoms with Gasteiger partial charge in [0.1, 0.15) is 0 Å². The monoisotopic (exact) mass is 189 g/mol. The Morgan fingerprint density at radius 1 is 1.15 bits per heavy atom. The molecule has 13 heavy (non-hydrogen) atoms. The highest BCUT2D eigenvalue weighted by Crippen LogP contribution is 1.98. The van der Waals surface area contributed by atoms with E-state index in [9.17, 15) is 4.79 Å². The van der Waals surface area contributed by atoms with Gasteiger partial charge in [0.25, 0.3) is 0 Å². The molecule has 0 aromatic heterocycles. The van der Waals surface area contributed by atoms with Gasteiger partial charge in [-0.05, 0) is 12.8 Å². The van der Waals surface area contributed by atoms with E-state index in [0.29, 0.717) is 6.54 Å². The van der Waals surface area contributed by atoms with Crippen molar-refractivity contribution in [3.8, 4) is 0 Å². The fourth-order valence-electron chi connectivity index (χ4n) is 0.988. The highest BCUT2D eigenvalue weighted by Gasteiger charge is 1.95. The van der Waals surface area contributed by atoms with Crippen molar-refractivity contribution in [2.75, 3.05) is 27.4 Å². The molecule has 0 spiro atoms. The van der Waals surface area contributed by atoms with Gasteiger partial charge >= 0.3 is 6.09 Å². The van der Waals surface area contributed by atoms with Crippen molar-refractivity contribution in [3.63, 3.8) is 0 Å². The van der Waals surface area contributed by atoms with E-state index in [0.717, 1.165) is 32.3 Å². The van der Waals surface area contributed by atoms with Gasteiger partial charge in [0.05, 0.1) is 7.11 Å². The van der Waals surface area contributed by atoms with Crippen LogP contribution in [-0.2, 0) is 9.47 Å². The van der Waals surface area contributed by atoms with Gasteiger partial charge in [-0.25, -0.2) is 4.79 Å². The summed E-state index contributed by atoms with van der Waals surface area (Å²) in [6, 6.07) is 0. The Labute approximate surface area is 79.6 Å². The van der Waals surface area contributed by atoms with Crippen LogP contribution in [-0.4, -0.2) is 33.5 Å². The molecule has 0 saturated carbocycles. The van der Waals surface area contributed by atoms with Crippen LogP contribution >= 0.6 is 0 Å². The number of carbonyl (C=O) groups is 1. The second-order valence-electron chi connectivity index (χ2n) is 2.83. The van der Waals surface area contributed by atoms with Crippen LogP contribution < -0.4 is 5.32 Å². The van der Waals surface area contributed by atoms with Gasteiger partial charge in [-0.15, -0.1) is 0 Å². The average Bonchev–Trinajstić information content (AvgIpc) is 2.16. The molecule has 0 aromatic carbocycles. The van der Waals surface area contributed by atoms with Crippen molar-refractivity contribution in [2.45, 2.75) is 25.7 Å². The number of amides is 1. The van der Waals surface area contributed by atoms with Crippen molar-refractivity contribution in [1.82, 2.24) is 5.32 Å². The maximum Gasteiger partial charge on any atom is 0.406 e. The molecular weight excluding hydrogens is 170 g/mol. The first-order valence-corrected chi connectivity index (χ1v) is 4.62. The van der Waals surface area contributed by atoms with E-state index < -0.39 is 0 Å². The minimum atomic E-state index is -0.350. The molecule has 1 N–H and O–H groups in total. The minimum Gasteiger partial charge on any atom is -0.453 e. The zero-order valence-corrected chi connectivity index (χ0v) is 8.47. The lowest BCUT2D eigenvalue weighted by molar-refractivity contribution is 0.170. The molecule has 0 rings (SSSR count). The van der Waals surface area contributed by atoms with Gasteiger partial charge in [-0.1, -0.05) is 12.8 Å². The summed E-state index contributed by atoms with van der Waals surface area (Å²) in [6.45, 7) is 1.52. The Kier molecular flexibility index (Phi) is 8.77. The first kappa shape index (κ1) is 12.2. The van der Waals surface area contributed by atoms with Crippen LogP contribution in [0.4, 0.5) is 4.79 Å². The standard InChI is InChI=1S/C9H19NO3/c1-12-8-6-4-3-5-7-10-9(11)13-2/h3-8H2,1-2H3,(H,10,11).